The molecule has 5 nitrogen and oxygen atoms in total. The fourth-order valence-corrected chi connectivity index (χ4v) is 2.81. The van der Waals surface area contributed by atoms with Crippen molar-refractivity contribution in [1.29, 1.82) is 0 Å². The van der Waals surface area contributed by atoms with E-state index in [1.54, 1.807) is 6.20 Å². The predicted molar refractivity (Wildman–Crippen MR) is 81.5 cm³/mol. The van der Waals surface area contributed by atoms with E-state index in [0.29, 0.717) is 18.6 Å². The van der Waals surface area contributed by atoms with Gasteiger partial charge in [0.15, 0.2) is 5.92 Å². The lowest BCUT2D eigenvalue weighted by Gasteiger charge is -2.15. The molecule has 1 aliphatic rings. The summed E-state index contributed by atoms with van der Waals surface area (Å²) in [6, 6.07) is 7.62. The molecular formula is C17H17NO4. The maximum absolute atomic E-state index is 12.9. The van der Waals surface area contributed by atoms with E-state index in [9.17, 15) is 9.59 Å². The van der Waals surface area contributed by atoms with Crippen molar-refractivity contribution < 1.29 is 19.1 Å². The van der Waals surface area contributed by atoms with E-state index in [4.69, 9.17) is 9.47 Å². The van der Waals surface area contributed by atoms with Crippen molar-refractivity contribution in [3.05, 3.63) is 47.9 Å². The molecule has 3 rings (SSSR count). The van der Waals surface area contributed by atoms with Crippen LogP contribution in [0.15, 0.2) is 42.3 Å². The number of benzene rings is 1. The Kier molecular flexibility index (Phi) is 3.71. The number of esters is 1. The van der Waals surface area contributed by atoms with E-state index < -0.39 is 11.9 Å². The quantitative estimate of drug-likeness (QED) is 0.646. The van der Waals surface area contributed by atoms with Gasteiger partial charge >= 0.3 is 5.97 Å². The second-order valence-electron chi connectivity index (χ2n) is 5.31. The van der Waals surface area contributed by atoms with Crippen LogP contribution in [0.1, 0.15) is 16.8 Å². The lowest BCUT2D eigenvalue weighted by Crippen LogP contribution is -2.30. The molecule has 1 aliphatic heterocycles. The summed E-state index contributed by atoms with van der Waals surface area (Å²) >= 11 is 0. The van der Waals surface area contributed by atoms with Crippen LogP contribution >= 0.6 is 0 Å². The molecule has 22 heavy (non-hydrogen) atoms. The topological polar surface area (TPSA) is 57.5 Å². The zero-order valence-electron chi connectivity index (χ0n) is 12.5. The second kappa shape index (κ2) is 5.67. The zero-order chi connectivity index (χ0) is 15.7. The summed E-state index contributed by atoms with van der Waals surface area (Å²) in [7, 11) is 1.29. The Morgan fingerprint density at radius 1 is 1.32 bits per heavy atom. The Balaban J connectivity index is 2.07. The molecule has 1 atom stereocenters. The first-order chi connectivity index (χ1) is 10.6. The third kappa shape index (κ3) is 2.28. The number of hydrogen-bond acceptors (Lipinski definition) is 4. The van der Waals surface area contributed by atoms with Crippen molar-refractivity contribution in [2.24, 2.45) is 5.92 Å². The number of para-hydroxylation sites is 1. The summed E-state index contributed by atoms with van der Waals surface area (Å²) in [4.78, 5) is 25.0. The molecule has 1 aromatic carbocycles. The Morgan fingerprint density at radius 3 is 2.77 bits per heavy atom. The molecule has 0 bridgehead atoms. The molecule has 0 amide bonds. The highest BCUT2D eigenvalue weighted by molar-refractivity contribution is 6.06. The van der Waals surface area contributed by atoms with E-state index >= 15 is 0 Å². The van der Waals surface area contributed by atoms with E-state index in [-0.39, 0.29) is 5.91 Å². The van der Waals surface area contributed by atoms with Crippen molar-refractivity contribution in [2.45, 2.75) is 13.3 Å². The van der Waals surface area contributed by atoms with Gasteiger partial charge in [-0.05, 0) is 24.1 Å². The highest BCUT2D eigenvalue weighted by Gasteiger charge is 2.34. The van der Waals surface area contributed by atoms with Crippen LogP contribution in [0, 0.1) is 12.8 Å². The third-order valence-electron chi connectivity index (χ3n) is 3.95. The second-order valence-corrected chi connectivity index (χ2v) is 5.31. The molecule has 2 aromatic rings. The molecule has 0 fully saturated rings. The van der Waals surface area contributed by atoms with Crippen molar-refractivity contribution in [3.63, 3.8) is 0 Å². The minimum atomic E-state index is -0.956. The molecular weight excluding hydrogens is 282 g/mol. The van der Waals surface area contributed by atoms with Gasteiger partial charge in [0.05, 0.1) is 25.5 Å². The predicted octanol–water partition coefficient (Wildman–Crippen LogP) is 2.68. The molecule has 0 N–H and O–H groups in total. The monoisotopic (exact) mass is 299 g/mol. The molecule has 0 radical (unpaired) electrons. The standard InChI is InChI=1S/C17H17NO4/c1-11-9-18(14-6-4-3-5-13(11)14)16(19)15(17(20)21-2)12-7-8-22-10-12/h3-6,9-10,15H,7-8H2,1-2H3. The maximum Gasteiger partial charge on any atom is 0.322 e. The van der Waals surface area contributed by atoms with Crippen LogP contribution in [-0.2, 0) is 14.3 Å². The third-order valence-corrected chi connectivity index (χ3v) is 3.95. The number of methoxy groups -OCH3 is 1. The summed E-state index contributed by atoms with van der Waals surface area (Å²) in [5, 5.41) is 0.996. The average Bonchev–Trinajstić information content (AvgIpc) is 3.16. The normalized spacial score (nSPS) is 15.3. The minimum absolute atomic E-state index is 0.312. The van der Waals surface area contributed by atoms with Gasteiger partial charge in [0.2, 0.25) is 5.91 Å². The fraction of sp³-hybridized carbons (Fsp3) is 0.294. The van der Waals surface area contributed by atoms with E-state index in [2.05, 4.69) is 0 Å². The molecule has 0 saturated carbocycles. The lowest BCUT2D eigenvalue weighted by atomic mass is 9.97. The molecule has 0 aliphatic carbocycles. The number of fused-ring (bicyclic) bond motifs is 1. The van der Waals surface area contributed by atoms with E-state index in [1.807, 2.05) is 31.2 Å². The van der Waals surface area contributed by atoms with Gasteiger partial charge in [0.25, 0.3) is 0 Å². The van der Waals surface area contributed by atoms with Gasteiger partial charge in [0, 0.05) is 18.0 Å². The van der Waals surface area contributed by atoms with Crippen molar-refractivity contribution in [1.82, 2.24) is 4.57 Å². The van der Waals surface area contributed by atoms with Gasteiger partial charge in [-0.15, -0.1) is 0 Å². The first-order valence-corrected chi connectivity index (χ1v) is 7.12. The zero-order valence-corrected chi connectivity index (χ0v) is 12.5. The Morgan fingerprint density at radius 2 is 2.09 bits per heavy atom. The number of ether oxygens (including phenoxy) is 2. The molecule has 1 aromatic heterocycles. The summed E-state index contributed by atoms with van der Waals surface area (Å²) in [5.41, 5.74) is 2.44. The highest BCUT2D eigenvalue weighted by atomic mass is 16.5. The van der Waals surface area contributed by atoms with Gasteiger partial charge in [-0.2, -0.15) is 0 Å². The van der Waals surface area contributed by atoms with Crippen LogP contribution in [0.25, 0.3) is 10.9 Å². The average molecular weight is 299 g/mol. The number of carbonyl (C=O) groups is 2. The SMILES string of the molecule is COC(=O)C(C(=O)n1cc(C)c2ccccc21)C1=COCC1. The maximum atomic E-state index is 12.9. The van der Waals surface area contributed by atoms with Crippen molar-refractivity contribution in [2.75, 3.05) is 13.7 Å². The largest absolute Gasteiger partial charge is 0.501 e. The minimum Gasteiger partial charge on any atom is -0.501 e. The van der Waals surface area contributed by atoms with Crippen LogP contribution in [0.4, 0.5) is 0 Å². The molecule has 1 unspecified atom stereocenters. The van der Waals surface area contributed by atoms with E-state index in [1.165, 1.54) is 17.9 Å². The Hall–Kier alpha value is -2.56. The Bertz CT molecular complexity index is 772. The summed E-state index contributed by atoms with van der Waals surface area (Å²) in [6.07, 6.45) is 3.82. The number of hydrogen-bond donors (Lipinski definition) is 0. The summed E-state index contributed by atoms with van der Waals surface area (Å²) in [6.45, 7) is 2.43. The van der Waals surface area contributed by atoms with E-state index in [0.717, 1.165) is 16.5 Å². The Labute approximate surface area is 128 Å². The number of carbonyl (C=O) groups excluding carboxylic acids is 2. The van der Waals surface area contributed by atoms with Gasteiger partial charge in [-0.25, -0.2) is 0 Å². The molecule has 2 heterocycles. The first-order valence-electron chi connectivity index (χ1n) is 7.12. The van der Waals surface area contributed by atoms with Crippen LogP contribution in [0.5, 0.6) is 0 Å². The highest BCUT2D eigenvalue weighted by Crippen LogP contribution is 2.27. The number of nitrogens with zero attached hydrogens (tertiary/aromatic N) is 1. The van der Waals surface area contributed by atoms with Crippen molar-refractivity contribution >= 4 is 22.8 Å². The number of rotatable bonds is 3. The molecule has 5 heteroatoms. The lowest BCUT2D eigenvalue weighted by molar-refractivity contribution is -0.142. The van der Waals surface area contributed by atoms with Crippen molar-refractivity contribution in [3.8, 4) is 0 Å². The molecule has 0 saturated heterocycles. The number of aromatic nitrogens is 1. The van der Waals surface area contributed by atoms with Gasteiger partial charge in [-0.3, -0.25) is 14.2 Å². The summed E-state index contributed by atoms with van der Waals surface area (Å²) in [5.74, 6) is -1.83. The smallest absolute Gasteiger partial charge is 0.322 e. The van der Waals surface area contributed by atoms with Crippen LogP contribution in [0.2, 0.25) is 0 Å². The fourth-order valence-electron chi connectivity index (χ4n) is 2.81. The van der Waals surface area contributed by atoms with Gasteiger partial charge in [-0.1, -0.05) is 18.2 Å². The first kappa shape index (κ1) is 14.4. The van der Waals surface area contributed by atoms with Gasteiger partial charge < -0.3 is 9.47 Å². The summed E-state index contributed by atoms with van der Waals surface area (Å²) < 4.78 is 11.5. The van der Waals surface area contributed by atoms with Crippen LogP contribution in [0.3, 0.4) is 0 Å². The number of aryl methyl sites for hydroxylation is 1. The van der Waals surface area contributed by atoms with Crippen LogP contribution in [-0.4, -0.2) is 30.2 Å². The molecule has 114 valence electrons. The van der Waals surface area contributed by atoms with Gasteiger partial charge in [0.1, 0.15) is 0 Å². The molecule has 0 spiro atoms. The van der Waals surface area contributed by atoms with Crippen LogP contribution < -0.4 is 0 Å².